The van der Waals surface area contributed by atoms with Crippen molar-refractivity contribution < 1.29 is 14.3 Å². The summed E-state index contributed by atoms with van der Waals surface area (Å²) in [4.78, 5) is 12.3. The maximum Gasteiger partial charge on any atom is 0.258 e. The van der Waals surface area contributed by atoms with Gasteiger partial charge < -0.3 is 14.8 Å². The SMILES string of the molecule is CCC(NC(=O)COc1ccc2c(c1)CCCC2)c1ccc(OC)cc1. The zero-order valence-electron chi connectivity index (χ0n) is 15.6. The van der Waals surface area contributed by atoms with Gasteiger partial charge in [0.05, 0.1) is 13.2 Å². The van der Waals surface area contributed by atoms with Crippen molar-refractivity contribution in [2.45, 2.75) is 45.1 Å². The second kappa shape index (κ2) is 8.75. The average molecular weight is 353 g/mol. The Hall–Kier alpha value is -2.49. The van der Waals surface area contributed by atoms with Crippen molar-refractivity contribution >= 4 is 5.91 Å². The van der Waals surface area contributed by atoms with Gasteiger partial charge in [0.15, 0.2) is 6.61 Å². The van der Waals surface area contributed by atoms with Crippen LogP contribution in [0.5, 0.6) is 11.5 Å². The topological polar surface area (TPSA) is 47.6 Å². The van der Waals surface area contributed by atoms with E-state index in [1.54, 1.807) is 7.11 Å². The van der Waals surface area contributed by atoms with E-state index in [1.807, 2.05) is 30.3 Å². The number of hydrogen-bond acceptors (Lipinski definition) is 3. The van der Waals surface area contributed by atoms with Crippen molar-refractivity contribution in [1.82, 2.24) is 5.32 Å². The maximum absolute atomic E-state index is 12.3. The molecule has 1 aliphatic rings. The van der Waals surface area contributed by atoms with E-state index in [1.165, 1.54) is 24.0 Å². The van der Waals surface area contributed by atoms with Crippen LogP contribution in [0.25, 0.3) is 0 Å². The molecule has 2 aromatic carbocycles. The standard InChI is InChI=1S/C22H27NO3/c1-3-21(17-9-11-19(25-2)12-10-17)23-22(24)15-26-20-13-8-16-6-4-5-7-18(16)14-20/h8-14,21H,3-7,15H2,1-2H3,(H,23,24). The first-order valence-electron chi connectivity index (χ1n) is 9.37. The lowest BCUT2D eigenvalue weighted by Gasteiger charge is -2.19. The minimum Gasteiger partial charge on any atom is -0.497 e. The van der Waals surface area contributed by atoms with E-state index in [0.717, 1.165) is 36.3 Å². The Morgan fingerprint density at radius 3 is 2.42 bits per heavy atom. The van der Waals surface area contributed by atoms with Crippen LogP contribution < -0.4 is 14.8 Å². The number of rotatable bonds is 7. The first-order valence-corrected chi connectivity index (χ1v) is 9.37. The van der Waals surface area contributed by atoms with Crippen LogP contribution in [-0.4, -0.2) is 19.6 Å². The van der Waals surface area contributed by atoms with E-state index in [0.29, 0.717) is 0 Å². The number of methoxy groups -OCH3 is 1. The fourth-order valence-electron chi connectivity index (χ4n) is 3.44. The maximum atomic E-state index is 12.3. The van der Waals surface area contributed by atoms with Crippen LogP contribution in [0.2, 0.25) is 0 Å². The summed E-state index contributed by atoms with van der Waals surface area (Å²) >= 11 is 0. The highest BCUT2D eigenvalue weighted by molar-refractivity contribution is 5.78. The molecule has 0 spiro atoms. The molecule has 1 N–H and O–H groups in total. The Balaban J connectivity index is 1.55. The summed E-state index contributed by atoms with van der Waals surface area (Å²) in [5.41, 5.74) is 3.84. The molecule has 0 radical (unpaired) electrons. The number of ether oxygens (including phenoxy) is 2. The molecular weight excluding hydrogens is 326 g/mol. The predicted octanol–water partition coefficient (Wildman–Crippen LogP) is 4.22. The normalized spacial score (nSPS) is 14.2. The molecule has 4 heteroatoms. The van der Waals surface area contributed by atoms with Crippen LogP contribution >= 0.6 is 0 Å². The summed E-state index contributed by atoms with van der Waals surface area (Å²) in [6, 6.07) is 14.0. The molecule has 1 amide bonds. The molecule has 2 aromatic rings. The quantitative estimate of drug-likeness (QED) is 0.811. The Kier molecular flexibility index (Phi) is 6.16. The van der Waals surface area contributed by atoms with Gasteiger partial charge in [0.1, 0.15) is 11.5 Å². The fraction of sp³-hybridized carbons (Fsp3) is 0.409. The molecule has 0 aliphatic heterocycles. The van der Waals surface area contributed by atoms with Crippen LogP contribution in [0, 0.1) is 0 Å². The molecule has 138 valence electrons. The molecule has 0 saturated heterocycles. The summed E-state index contributed by atoms with van der Waals surface area (Å²) in [5, 5.41) is 3.05. The Labute approximate surface area is 155 Å². The van der Waals surface area contributed by atoms with E-state index in [9.17, 15) is 4.79 Å². The van der Waals surface area contributed by atoms with Crippen LogP contribution in [0.4, 0.5) is 0 Å². The molecule has 3 rings (SSSR count). The first-order chi connectivity index (χ1) is 12.7. The van der Waals surface area contributed by atoms with Gasteiger partial charge in [-0.25, -0.2) is 0 Å². The summed E-state index contributed by atoms with van der Waals surface area (Å²) in [6.45, 7) is 2.09. The largest absolute Gasteiger partial charge is 0.497 e. The average Bonchev–Trinajstić information content (AvgIpc) is 2.70. The van der Waals surface area contributed by atoms with Crippen LogP contribution in [0.1, 0.15) is 48.9 Å². The third-order valence-electron chi connectivity index (χ3n) is 4.95. The van der Waals surface area contributed by atoms with E-state index in [-0.39, 0.29) is 18.6 Å². The highest BCUT2D eigenvalue weighted by Gasteiger charge is 2.14. The molecule has 0 fully saturated rings. The molecular formula is C22H27NO3. The van der Waals surface area contributed by atoms with Gasteiger partial charge in [-0.1, -0.05) is 25.1 Å². The van der Waals surface area contributed by atoms with Gasteiger partial charge in [0.2, 0.25) is 0 Å². The smallest absolute Gasteiger partial charge is 0.258 e. The molecule has 1 atom stereocenters. The highest BCUT2D eigenvalue weighted by Crippen LogP contribution is 2.25. The Morgan fingerprint density at radius 2 is 1.73 bits per heavy atom. The van der Waals surface area contributed by atoms with Gasteiger partial charge >= 0.3 is 0 Å². The molecule has 0 heterocycles. The molecule has 1 unspecified atom stereocenters. The van der Waals surface area contributed by atoms with E-state index < -0.39 is 0 Å². The van der Waals surface area contributed by atoms with Crippen LogP contribution in [-0.2, 0) is 17.6 Å². The monoisotopic (exact) mass is 353 g/mol. The van der Waals surface area contributed by atoms with E-state index >= 15 is 0 Å². The van der Waals surface area contributed by atoms with Crippen molar-refractivity contribution in [2.75, 3.05) is 13.7 Å². The number of fused-ring (bicyclic) bond motifs is 1. The number of aryl methyl sites for hydroxylation is 2. The zero-order chi connectivity index (χ0) is 18.4. The van der Waals surface area contributed by atoms with Gasteiger partial charge in [0, 0.05) is 0 Å². The Bertz CT molecular complexity index is 740. The minimum atomic E-state index is -0.106. The second-order valence-corrected chi connectivity index (χ2v) is 6.73. The number of carbonyl (C=O) groups excluding carboxylic acids is 1. The molecule has 0 bridgehead atoms. The summed E-state index contributed by atoms with van der Waals surface area (Å²) < 4.78 is 10.9. The van der Waals surface area contributed by atoms with Gasteiger partial charge in [-0.15, -0.1) is 0 Å². The minimum absolute atomic E-state index is 0.0273. The Morgan fingerprint density at radius 1 is 1.04 bits per heavy atom. The third-order valence-corrected chi connectivity index (χ3v) is 4.95. The van der Waals surface area contributed by atoms with Crippen molar-refractivity contribution in [3.8, 4) is 11.5 Å². The predicted molar refractivity (Wildman–Crippen MR) is 103 cm³/mol. The number of carbonyl (C=O) groups is 1. The second-order valence-electron chi connectivity index (χ2n) is 6.73. The van der Waals surface area contributed by atoms with Crippen LogP contribution in [0.15, 0.2) is 42.5 Å². The van der Waals surface area contributed by atoms with Gasteiger partial charge in [-0.2, -0.15) is 0 Å². The summed E-state index contributed by atoms with van der Waals surface area (Å²) in [5.74, 6) is 1.48. The van der Waals surface area contributed by atoms with Gasteiger partial charge in [-0.3, -0.25) is 4.79 Å². The van der Waals surface area contributed by atoms with Crippen molar-refractivity contribution in [2.24, 2.45) is 0 Å². The number of amides is 1. The van der Waals surface area contributed by atoms with Crippen molar-refractivity contribution in [3.63, 3.8) is 0 Å². The zero-order valence-corrected chi connectivity index (χ0v) is 15.6. The molecule has 26 heavy (non-hydrogen) atoms. The fourth-order valence-corrected chi connectivity index (χ4v) is 3.44. The van der Waals surface area contributed by atoms with E-state index in [2.05, 4.69) is 24.4 Å². The van der Waals surface area contributed by atoms with Crippen molar-refractivity contribution in [1.29, 1.82) is 0 Å². The van der Waals surface area contributed by atoms with E-state index in [4.69, 9.17) is 9.47 Å². The summed E-state index contributed by atoms with van der Waals surface area (Å²) in [7, 11) is 1.64. The van der Waals surface area contributed by atoms with Gasteiger partial charge in [-0.05, 0) is 73.1 Å². The van der Waals surface area contributed by atoms with Crippen LogP contribution in [0.3, 0.4) is 0 Å². The lowest BCUT2D eigenvalue weighted by atomic mass is 9.92. The molecule has 1 aliphatic carbocycles. The molecule has 4 nitrogen and oxygen atoms in total. The third kappa shape index (κ3) is 4.57. The number of benzene rings is 2. The lowest BCUT2D eigenvalue weighted by Crippen LogP contribution is -2.32. The van der Waals surface area contributed by atoms with Gasteiger partial charge in [0.25, 0.3) is 5.91 Å². The number of nitrogens with one attached hydrogen (secondary N) is 1. The summed E-state index contributed by atoms with van der Waals surface area (Å²) in [6.07, 6.45) is 5.57. The number of hydrogen-bond donors (Lipinski definition) is 1. The first kappa shape index (κ1) is 18.3. The molecule has 0 saturated carbocycles. The molecule has 0 aromatic heterocycles. The lowest BCUT2D eigenvalue weighted by molar-refractivity contribution is -0.123. The highest BCUT2D eigenvalue weighted by atomic mass is 16.5. The van der Waals surface area contributed by atoms with Crippen molar-refractivity contribution in [3.05, 3.63) is 59.2 Å².